The molecular weight excluding hydrogens is 240 g/mol. The highest BCUT2D eigenvalue weighted by atomic mass is 16.5. The van der Waals surface area contributed by atoms with Crippen LogP contribution in [0, 0.1) is 0 Å². The highest BCUT2D eigenvalue weighted by Gasteiger charge is 2.28. The summed E-state index contributed by atoms with van der Waals surface area (Å²) in [6, 6.07) is -1.49. The molecule has 0 aromatic heterocycles. The van der Waals surface area contributed by atoms with E-state index in [1.807, 2.05) is 6.92 Å². The molecule has 2 atom stereocenters. The van der Waals surface area contributed by atoms with Gasteiger partial charge < -0.3 is 25.2 Å². The average molecular weight is 260 g/mol. The smallest absolute Gasteiger partial charge is 0.326 e. The second-order valence-corrected chi connectivity index (χ2v) is 4.18. The van der Waals surface area contributed by atoms with E-state index in [1.165, 1.54) is 0 Å². The fourth-order valence-corrected chi connectivity index (χ4v) is 1.88. The van der Waals surface area contributed by atoms with Crippen LogP contribution in [-0.4, -0.2) is 65.6 Å². The third-order valence-corrected chi connectivity index (χ3v) is 2.97. The number of carboxylic acids is 1. The molecule has 7 heteroatoms. The van der Waals surface area contributed by atoms with Crippen LogP contribution < -0.4 is 5.32 Å². The van der Waals surface area contributed by atoms with Gasteiger partial charge in [0.15, 0.2) is 0 Å². The quantitative estimate of drug-likeness (QED) is 0.627. The topological polar surface area (TPSA) is 99.1 Å². The van der Waals surface area contributed by atoms with Gasteiger partial charge in [-0.25, -0.2) is 9.59 Å². The van der Waals surface area contributed by atoms with Crippen LogP contribution in [0.1, 0.15) is 19.8 Å². The van der Waals surface area contributed by atoms with Gasteiger partial charge >= 0.3 is 12.0 Å². The number of nitrogens with one attached hydrogen (secondary N) is 1. The maximum absolute atomic E-state index is 12.0. The third-order valence-electron chi connectivity index (χ3n) is 2.97. The van der Waals surface area contributed by atoms with Gasteiger partial charge in [-0.3, -0.25) is 0 Å². The number of aliphatic hydroxyl groups excluding tert-OH is 1. The van der Waals surface area contributed by atoms with Crippen LogP contribution in [0.15, 0.2) is 0 Å². The van der Waals surface area contributed by atoms with Crippen LogP contribution in [0.5, 0.6) is 0 Å². The molecule has 0 aliphatic carbocycles. The number of morpholine rings is 1. The Kier molecular flexibility index (Phi) is 5.87. The summed E-state index contributed by atoms with van der Waals surface area (Å²) in [6.07, 6.45) is 0.757. The monoisotopic (exact) mass is 260 g/mol. The molecule has 1 rings (SSSR count). The second-order valence-electron chi connectivity index (χ2n) is 4.18. The lowest BCUT2D eigenvalue weighted by atomic mass is 10.2. The second kappa shape index (κ2) is 7.17. The number of hydrogen-bond donors (Lipinski definition) is 3. The molecule has 104 valence electrons. The molecule has 0 spiro atoms. The number of carboxylic acid groups (broad SMARTS) is 1. The maximum Gasteiger partial charge on any atom is 0.326 e. The summed E-state index contributed by atoms with van der Waals surface area (Å²) in [6.45, 7) is 3.05. The Morgan fingerprint density at radius 1 is 1.56 bits per heavy atom. The average Bonchev–Trinajstić information content (AvgIpc) is 2.37. The zero-order valence-electron chi connectivity index (χ0n) is 10.5. The van der Waals surface area contributed by atoms with Crippen molar-refractivity contribution in [1.29, 1.82) is 0 Å². The first-order valence-corrected chi connectivity index (χ1v) is 6.08. The summed E-state index contributed by atoms with van der Waals surface area (Å²) >= 11 is 0. The van der Waals surface area contributed by atoms with Crippen LogP contribution in [0.3, 0.4) is 0 Å². The zero-order chi connectivity index (χ0) is 13.5. The standard InChI is InChI=1S/C11H20N2O5/c1-2-8-7-18-6-4-13(8)11(17)12-9(3-5-14)10(15)16/h8-9,14H,2-7H2,1H3,(H,12,17)(H,15,16)/t8?,9-/m1/s1. The van der Waals surface area contributed by atoms with E-state index in [0.29, 0.717) is 19.8 Å². The summed E-state index contributed by atoms with van der Waals surface area (Å²) < 4.78 is 5.28. The normalized spacial score (nSPS) is 21.4. The molecule has 1 unspecified atom stereocenters. The number of carbonyl (C=O) groups excluding carboxylic acids is 1. The Hall–Kier alpha value is -1.34. The van der Waals surface area contributed by atoms with Crippen LogP contribution in [-0.2, 0) is 9.53 Å². The van der Waals surface area contributed by atoms with Gasteiger partial charge in [0.2, 0.25) is 0 Å². The van der Waals surface area contributed by atoms with Gasteiger partial charge in [-0.1, -0.05) is 6.92 Å². The number of amides is 2. The summed E-state index contributed by atoms with van der Waals surface area (Å²) in [5.74, 6) is -1.14. The summed E-state index contributed by atoms with van der Waals surface area (Å²) in [5.41, 5.74) is 0. The fraction of sp³-hybridized carbons (Fsp3) is 0.818. The fourth-order valence-electron chi connectivity index (χ4n) is 1.88. The van der Waals surface area contributed by atoms with E-state index in [4.69, 9.17) is 14.9 Å². The van der Waals surface area contributed by atoms with Gasteiger partial charge in [-0.2, -0.15) is 0 Å². The van der Waals surface area contributed by atoms with Crippen molar-refractivity contribution in [2.45, 2.75) is 31.8 Å². The van der Waals surface area contributed by atoms with Crippen molar-refractivity contribution >= 4 is 12.0 Å². The minimum Gasteiger partial charge on any atom is -0.480 e. The molecule has 0 bridgehead atoms. The van der Waals surface area contributed by atoms with E-state index < -0.39 is 18.0 Å². The molecule has 0 saturated carbocycles. The number of hydrogen-bond acceptors (Lipinski definition) is 4. The van der Waals surface area contributed by atoms with Crippen LogP contribution in [0.4, 0.5) is 4.79 Å². The molecule has 7 nitrogen and oxygen atoms in total. The Labute approximate surface area is 106 Å². The van der Waals surface area contributed by atoms with Crippen molar-refractivity contribution in [2.24, 2.45) is 0 Å². The van der Waals surface area contributed by atoms with E-state index in [-0.39, 0.29) is 19.1 Å². The summed E-state index contributed by atoms with van der Waals surface area (Å²) in [7, 11) is 0. The first-order valence-electron chi connectivity index (χ1n) is 6.08. The highest BCUT2D eigenvalue weighted by Crippen LogP contribution is 2.10. The van der Waals surface area contributed by atoms with Crippen molar-refractivity contribution in [3.05, 3.63) is 0 Å². The molecule has 0 aromatic carbocycles. The predicted molar refractivity (Wildman–Crippen MR) is 63.3 cm³/mol. The number of nitrogens with zero attached hydrogens (tertiary/aromatic N) is 1. The lowest BCUT2D eigenvalue weighted by Crippen LogP contribution is -2.55. The Balaban J connectivity index is 2.58. The van der Waals surface area contributed by atoms with Gasteiger partial charge in [0, 0.05) is 19.6 Å². The minimum atomic E-state index is -1.14. The van der Waals surface area contributed by atoms with Crippen molar-refractivity contribution in [1.82, 2.24) is 10.2 Å². The number of rotatable bonds is 5. The number of carbonyl (C=O) groups is 2. The van der Waals surface area contributed by atoms with Crippen molar-refractivity contribution in [3.8, 4) is 0 Å². The Bertz CT molecular complexity index is 297. The van der Waals surface area contributed by atoms with E-state index in [0.717, 1.165) is 6.42 Å². The first kappa shape index (κ1) is 14.7. The van der Waals surface area contributed by atoms with E-state index >= 15 is 0 Å². The van der Waals surface area contributed by atoms with Crippen LogP contribution >= 0.6 is 0 Å². The molecular formula is C11H20N2O5. The number of aliphatic carboxylic acids is 1. The van der Waals surface area contributed by atoms with E-state index in [9.17, 15) is 9.59 Å². The molecule has 18 heavy (non-hydrogen) atoms. The Morgan fingerprint density at radius 3 is 2.83 bits per heavy atom. The summed E-state index contributed by atoms with van der Waals surface area (Å²) in [5, 5.41) is 20.1. The predicted octanol–water partition coefficient (Wildman–Crippen LogP) is -0.358. The lowest BCUT2D eigenvalue weighted by molar-refractivity contribution is -0.139. The van der Waals surface area contributed by atoms with Crippen molar-refractivity contribution in [3.63, 3.8) is 0 Å². The largest absolute Gasteiger partial charge is 0.480 e. The minimum absolute atomic E-state index is 0.00219. The molecule has 0 radical (unpaired) electrons. The number of aliphatic hydroxyl groups is 1. The molecule has 0 aromatic rings. The molecule has 1 saturated heterocycles. The van der Waals surface area contributed by atoms with Gasteiger partial charge in [0.25, 0.3) is 0 Å². The highest BCUT2D eigenvalue weighted by molar-refractivity contribution is 5.82. The molecule has 1 aliphatic heterocycles. The van der Waals surface area contributed by atoms with Gasteiger partial charge in [-0.15, -0.1) is 0 Å². The third kappa shape index (κ3) is 3.85. The van der Waals surface area contributed by atoms with E-state index in [2.05, 4.69) is 5.32 Å². The van der Waals surface area contributed by atoms with E-state index in [1.54, 1.807) is 4.90 Å². The van der Waals surface area contributed by atoms with Gasteiger partial charge in [0.05, 0.1) is 19.3 Å². The number of urea groups is 1. The molecule has 3 N–H and O–H groups in total. The first-order chi connectivity index (χ1) is 8.60. The van der Waals surface area contributed by atoms with Crippen LogP contribution in [0.25, 0.3) is 0 Å². The summed E-state index contributed by atoms with van der Waals surface area (Å²) in [4.78, 5) is 24.5. The SMILES string of the molecule is CCC1COCCN1C(=O)N[C@H](CCO)C(=O)O. The zero-order valence-corrected chi connectivity index (χ0v) is 10.5. The molecule has 1 heterocycles. The molecule has 2 amide bonds. The van der Waals surface area contributed by atoms with Crippen molar-refractivity contribution in [2.75, 3.05) is 26.4 Å². The maximum atomic E-state index is 12.0. The Morgan fingerprint density at radius 2 is 2.28 bits per heavy atom. The molecule has 1 aliphatic rings. The molecule has 1 fully saturated rings. The number of ether oxygens (including phenoxy) is 1. The van der Waals surface area contributed by atoms with Crippen molar-refractivity contribution < 1.29 is 24.5 Å². The van der Waals surface area contributed by atoms with Gasteiger partial charge in [-0.05, 0) is 6.42 Å². The van der Waals surface area contributed by atoms with Crippen LogP contribution in [0.2, 0.25) is 0 Å². The van der Waals surface area contributed by atoms with Gasteiger partial charge in [0.1, 0.15) is 6.04 Å². The lowest BCUT2D eigenvalue weighted by Gasteiger charge is -2.35.